The molecular formula is C23H18BrN3O3. The highest BCUT2D eigenvalue weighted by atomic mass is 79.9. The lowest BCUT2D eigenvalue weighted by Crippen LogP contribution is -2.32. The van der Waals surface area contributed by atoms with Gasteiger partial charge in [-0.05, 0) is 42.8 Å². The number of carbonyl (C=O) groups excluding carboxylic acids is 2. The highest BCUT2D eigenvalue weighted by Gasteiger charge is 2.27. The van der Waals surface area contributed by atoms with Gasteiger partial charge in [0, 0.05) is 10.0 Å². The maximum absolute atomic E-state index is 13.2. The van der Waals surface area contributed by atoms with Gasteiger partial charge in [0.1, 0.15) is 5.52 Å². The number of ether oxygens (including phenoxy) is 1. The van der Waals surface area contributed by atoms with Gasteiger partial charge in [-0.3, -0.25) is 4.79 Å². The van der Waals surface area contributed by atoms with Crippen molar-refractivity contribution in [2.75, 3.05) is 0 Å². The molecule has 1 aromatic heterocycles. The van der Waals surface area contributed by atoms with Crippen LogP contribution in [0.4, 0.5) is 0 Å². The number of hydrogen-bond acceptors (Lipinski definition) is 5. The third-order valence-electron chi connectivity index (χ3n) is 4.79. The Morgan fingerprint density at radius 1 is 1.00 bits per heavy atom. The van der Waals surface area contributed by atoms with Gasteiger partial charge in [0.15, 0.2) is 6.10 Å². The van der Waals surface area contributed by atoms with E-state index in [-0.39, 0.29) is 12.3 Å². The van der Waals surface area contributed by atoms with Crippen molar-refractivity contribution in [2.45, 2.75) is 19.6 Å². The van der Waals surface area contributed by atoms with Gasteiger partial charge in [-0.1, -0.05) is 63.6 Å². The average Bonchev–Trinajstić information content (AvgIpc) is 3.16. The van der Waals surface area contributed by atoms with E-state index >= 15 is 0 Å². The third-order valence-corrected chi connectivity index (χ3v) is 5.32. The second kappa shape index (κ2) is 8.59. The molecule has 150 valence electrons. The van der Waals surface area contributed by atoms with E-state index in [0.29, 0.717) is 16.6 Å². The fourth-order valence-corrected chi connectivity index (χ4v) is 3.44. The van der Waals surface area contributed by atoms with Crippen molar-refractivity contribution in [1.82, 2.24) is 15.0 Å². The number of fused-ring (bicyclic) bond motifs is 1. The maximum atomic E-state index is 13.2. The van der Waals surface area contributed by atoms with E-state index < -0.39 is 12.1 Å². The molecule has 4 rings (SSSR count). The summed E-state index contributed by atoms with van der Waals surface area (Å²) in [6.07, 6.45) is -1.05. The fraction of sp³-hybridized carbons (Fsp3) is 0.130. The summed E-state index contributed by atoms with van der Waals surface area (Å²) in [5.74, 6) is -0.850. The van der Waals surface area contributed by atoms with Gasteiger partial charge >= 0.3 is 5.97 Å². The molecule has 1 unspecified atom stereocenters. The molecule has 6 nitrogen and oxygen atoms in total. The Labute approximate surface area is 181 Å². The Balaban J connectivity index is 1.67. The molecule has 0 saturated heterocycles. The minimum absolute atomic E-state index is 0.0625. The molecule has 4 aromatic rings. The first-order valence-corrected chi connectivity index (χ1v) is 10.2. The Bertz CT molecular complexity index is 1220. The first-order valence-electron chi connectivity index (χ1n) is 9.37. The number of aromatic nitrogens is 3. The number of ketones is 1. The second-order valence-corrected chi connectivity index (χ2v) is 7.76. The van der Waals surface area contributed by atoms with E-state index in [4.69, 9.17) is 4.74 Å². The summed E-state index contributed by atoms with van der Waals surface area (Å²) in [6.45, 7) is 1.89. The number of halogens is 1. The summed E-state index contributed by atoms with van der Waals surface area (Å²) < 4.78 is 8.14. The summed E-state index contributed by atoms with van der Waals surface area (Å²) in [4.78, 5) is 26.0. The molecule has 0 N–H and O–H groups in total. The van der Waals surface area contributed by atoms with Crippen LogP contribution in [0.15, 0.2) is 77.3 Å². The van der Waals surface area contributed by atoms with Crippen LogP contribution < -0.4 is 0 Å². The lowest BCUT2D eigenvalue weighted by atomic mass is 10.1. The molecule has 7 heteroatoms. The summed E-state index contributed by atoms with van der Waals surface area (Å²) in [6, 6.07) is 21.5. The third kappa shape index (κ3) is 4.16. The van der Waals surface area contributed by atoms with Crippen LogP contribution >= 0.6 is 15.9 Å². The van der Waals surface area contributed by atoms with Gasteiger partial charge in [-0.2, -0.15) is 0 Å². The zero-order chi connectivity index (χ0) is 21.1. The SMILES string of the molecule is Cc1ccccc1C(=O)OC(Cn1nnc2ccccc21)C(=O)c1ccc(Br)cc1. The van der Waals surface area contributed by atoms with E-state index in [2.05, 4.69) is 26.2 Å². The fourth-order valence-electron chi connectivity index (χ4n) is 3.18. The molecular weight excluding hydrogens is 446 g/mol. The number of hydrogen-bond donors (Lipinski definition) is 0. The largest absolute Gasteiger partial charge is 0.448 e. The van der Waals surface area contributed by atoms with Crippen molar-refractivity contribution in [1.29, 1.82) is 0 Å². The number of para-hydroxylation sites is 1. The zero-order valence-electron chi connectivity index (χ0n) is 16.2. The van der Waals surface area contributed by atoms with Crippen LogP contribution in [0.5, 0.6) is 0 Å². The molecule has 0 spiro atoms. The van der Waals surface area contributed by atoms with Crippen LogP contribution in [0.2, 0.25) is 0 Å². The van der Waals surface area contributed by atoms with Crippen LogP contribution in [-0.4, -0.2) is 32.9 Å². The Kier molecular flexibility index (Phi) is 5.72. The van der Waals surface area contributed by atoms with Gasteiger partial charge in [0.2, 0.25) is 5.78 Å². The Hall–Kier alpha value is -3.32. The number of Topliss-reactive ketones (excluding diaryl/α,β-unsaturated/α-hetero) is 1. The van der Waals surface area contributed by atoms with Gasteiger partial charge in [0.05, 0.1) is 17.6 Å². The molecule has 0 aliphatic heterocycles. The summed E-state index contributed by atoms with van der Waals surface area (Å²) >= 11 is 3.37. The molecule has 0 amide bonds. The quantitative estimate of drug-likeness (QED) is 0.308. The summed E-state index contributed by atoms with van der Waals surface area (Å²) in [5, 5.41) is 8.26. The van der Waals surface area contributed by atoms with Crippen molar-refractivity contribution in [3.05, 3.63) is 94.0 Å². The average molecular weight is 464 g/mol. The molecule has 0 fully saturated rings. The Morgan fingerprint density at radius 2 is 1.70 bits per heavy atom. The first-order chi connectivity index (χ1) is 14.5. The van der Waals surface area contributed by atoms with E-state index in [1.807, 2.05) is 43.3 Å². The predicted octanol–water partition coefficient (Wildman–Crippen LogP) is 4.61. The summed E-state index contributed by atoms with van der Waals surface area (Å²) in [7, 11) is 0. The van der Waals surface area contributed by atoms with Crippen LogP contribution in [0.1, 0.15) is 26.3 Å². The minimum atomic E-state index is -1.05. The standard InChI is InChI=1S/C23H18BrN3O3/c1-15-6-2-3-7-18(15)23(29)30-21(22(28)16-10-12-17(24)13-11-16)14-27-20-9-5-4-8-19(20)25-26-27/h2-13,21H,14H2,1H3. The van der Waals surface area contributed by atoms with Crippen molar-refractivity contribution < 1.29 is 14.3 Å². The van der Waals surface area contributed by atoms with Crippen molar-refractivity contribution >= 4 is 38.7 Å². The molecule has 0 saturated carbocycles. The predicted molar refractivity (Wildman–Crippen MR) is 116 cm³/mol. The normalized spacial score (nSPS) is 11.9. The van der Waals surface area contributed by atoms with Crippen molar-refractivity contribution in [3.8, 4) is 0 Å². The van der Waals surface area contributed by atoms with Gasteiger partial charge in [-0.25, -0.2) is 9.48 Å². The topological polar surface area (TPSA) is 74.1 Å². The van der Waals surface area contributed by atoms with Gasteiger partial charge in [-0.15, -0.1) is 5.10 Å². The van der Waals surface area contributed by atoms with Crippen LogP contribution in [0.3, 0.4) is 0 Å². The van der Waals surface area contributed by atoms with E-state index in [0.717, 1.165) is 15.6 Å². The van der Waals surface area contributed by atoms with Crippen LogP contribution in [-0.2, 0) is 11.3 Å². The highest BCUT2D eigenvalue weighted by Crippen LogP contribution is 2.18. The molecule has 3 aromatic carbocycles. The van der Waals surface area contributed by atoms with Crippen molar-refractivity contribution in [3.63, 3.8) is 0 Å². The lowest BCUT2D eigenvalue weighted by molar-refractivity contribution is 0.0244. The smallest absolute Gasteiger partial charge is 0.339 e. The molecule has 0 bridgehead atoms. The van der Waals surface area contributed by atoms with E-state index in [1.165, 1.54) is 0 Å². The monoisotopic (exact) mass is 463 g/mol. The Morgan fingerprint density at radius 3 is 2.47 bits per heavy atom. The highest BCUT2D eigenvalue weighted by molar-refractivity contribution is 9.10. The molecule has 1 atom stereocenters. The number of aryl methyl sites for hydroxylation is 1. The minimum Gasteiger partial charge on any atom is -0.448 e. The zero-order valence-corrected chi connectivity index (χ0v) is 17.7. The lowest BCUT2D eigenvalue weighted by Gasteiger charge is -2.18. The number of carbonyl (C=O) groups is 2. The molecule has 1 heterocycles. The number of nitrogens with zero attached hydrogens (tertiary/aromatic N) is 3. The van der Waals surface area contributed by atoms with Gasteiger partial charge in [0.25, 0.3) is 0 Å². The second-order valence-electron chi connectivity index (χ2n) is 6.84. The maximum Gasteiger partial charge on any atom is 0.339 e. The first kappa shape index (κ1) is 20.0. The van der Waals surface area contributed by atoms with Gasteiger partial charge < -0.3 is 4.74 Å². The summed E-state index contributed by atoms with van der Waals surface area (Å²) in [5.41, 5.74) is 3.12. The van der Waals surface area contributed by atoms with E-state index in [1.54, 1.807) is 41.1 Å². The van der Waals surface area contributed by atoms with E-state index in [9.17, 15) is 9.59 Å². The number of esters is 1. The number of benzene rings is 3. The van der Waals surface area contributed by atoms with Crippen LogP contribution in [0, 0.1) is 6.92 Å². The van der Waals surface area contributed by atoms with Crippen LogP contribution in [0.25, 0.3) is 11.0 Å². The molecule has 0 aliphatic carbocycles. The molecule has 0 radical (unpaired) electrons. The number of rotatable bonds is 6. The molecule has 0 aliphatic rings. The van der Waals surface area contributed by atoms with Crippen molar-refractivity contribution in [2.24, 2.45) is 0 Å². The molecule has 30 heavy (non-hydrogen) atoms.